The van der Waals surface area contributed by atoms with E-state index in [0.717, 1.165) is 11.5 Å². The van der Waals surface area contributed by atoms with Gasteiger partial charge in [0, 0.05) is 5.69 Å². The van der Waals surface area contributed by atoms with Crippen LogP contribution in [0.4, 0.5) is 4.39 Å². The largest absolute Gasteiger partial charge is 0.463 e. The summed E-state index contributed by atoms with van der Waals surface area (Å²) in [6.45, 7) is 2.02. The molecule has 7 nitrogen and oxygen atoms in total. The average Bonchev–Trinajstić information content (AvgIpc) is 3.32. The minimum atomic E-state index is -0.521. The van der Waals surface area contributed by atoms with Crippen molar-refractivity contribution in [3.8, 4) is 5.69 Å². The summed E-state index contributed by atoms with van der Waals surface area (Å²) in [6.07, 6.45) is 0. The maximum absolute atomic E-state index is 13.4. The highest BCUT2D eigenvalue weighted by Crippen LogP contribution is 2.29. The third-order valence-electron chi connectivity index (χ3n) is 4.28. The normalized spacial score (nSPS) is 12.4. The highest BCUT2D eigenvalue weighted by molar-refractivity contribution is 7.98. The predicted octanol–water partition coefficient (Wildman–Crippen LogP) is 3.70. The maximum atomic E-state index is 13.4. The number of carbonyl (C=O) groups excluding carboxylic acids is 1. The lowest BCUT2D eigenvalue weighted by atomic mass is 10.2. The first kappa shape index (κ1) is 20.1. The van der Waals surface area contributed by atoms with Crippen LogP contribution in [-0.4, -0.2) is 46.8 Å². The molecule has 0 radical (unpaired) electrons. The summed E-state index contributed by atoms with van der Waals surface area (Å²) in [4.78, 5) is 13.5. The van der Waals surface area contributed by atoms with Gasteiger partial charge in [-0.15, -0.1) is 10.2 Å². The summed E-state index contributed by atoms with van der Waals surface area (Å²) in [6, 6.07) is 9.49. The molecule has 0 amide bonds. The van der Waals surface area contributed by atoms with Gasteiger partial charge in [-0.05, 0) is 57.4 Å². The number of furan rings is 1. The van der Waals surface area contributed by atoms with Crippen LogP contribution in [0.2, 0.25) is 0 Å². The van der Waals surface area contributed by atoms with E-state index in [4.69, 9.17) is 4.42 Å². The van der Waals surface area contributed by atoms with Gasteiger partial charge in [0.05, 0.1) is 18.9 Å². The van der Waals surface area contributed by atoms with Crippen LogP contribution in [0.15, 0.2) is 46.0 Å². The van der Waals surface area contributed by atoms with Gasteiger partial charge in [0.2, 0.25) is 5.76 Å². The van der Waals surface area contributed by atoms with Gasteiger partial charge in [-0.1, -0.05) is 11.8 Å². The molecule has 3 aromatic rings. The van der Waals surface area contributed by atoms with Gasteiger partial charge in [-0.3, -0.25) is 9.47 Å². The van der Waals surface area contributed by atoms with E-state index >= 15 is 0 Å². The molecule has 0 aliphatic heterocycles. The molecular formula is C19H21FN4O3S. The third-order valence-corrected chi connectivity index (χ3v) is 5.23. The zero-order valence-electron chi connectivity index (χ0n) is 16.0. The van der Waals surface area contributed by atoms with Gasteiger partial charge < -0.3 is 9.15 Å². The van der Waals surface area contributed by atoms with Crippen molar-refractivity contribution in [1.82, 2.24) is 19.7 Å². The van der Waals surface area contributed by atoms with E-state index in [1.165, 1.54) is 31.0 Å². The third kappa shape index (κ3) is 4.26. The van der Waals surface area contributed by atoms with Crippen LogP contribution in [-0.2, 0) is 10.5 Å². The lowest BCUT2D eigenvalue weighted by Gasteiger charge is -2.20. The maximum Gasteiger partial charge on any atom is 0.373 e. The van der Waals surface area contributed by atoms with Crippen LogP contribution in [0.5, 0.6) is 0 Å². The molecule has 0 saturated carbocycles. The summed E-state index contributed by atoms with van der Waals surface area (Å²) in [5, 5.41) is 9.31. The number of ether oxygens (including phenoxy) is 1. The van der Waals surface area contributed by atoms with Crippen LogP contribution in [0.1, 0.15) is 35.1 Å². The van der Waals surface area contributed by atoms with Crippen molar-refractivity contribution in [3.63, 3.8) is 0 Å². The van der Waals surface area contributed by atoms with Gasteiger partial charge in [0.1, 0.15) is 11.6 Å². The quantitative estimate of drug-likeness (QED) is 0.439. The monoisotopic (exact) mass is 404 g/mol. The molecule has 9 heteroatoms. The lowest BCUT2D eigenvalue weighted by Crippen LogP contribution is -2.20. The second-order valence-corrected chi connectivity index (χ2v) is 7.28. The molecular weight excluding hydrogens is 383 g/mol. The second-order valence-electron chi connectivity index (χ2n) is 6.34. The van der Waals surface area contributed by atoms with Crippen molar-refractivity contribution in [1.29, 1.82) is 0 Å². The van der Waals surface area contributed by atoms with Crippen molar-refractivity contribution >= 4 is 17.7 Å². The Balaban J connectivity index is 1.89. The number of halogens is 1. The predicted molar refractivity (Wildman–Crippen MR) is 103 cm³/mol. The first-order chi connectivity index (χ1) is 13.4. The molecule has 148 valence electrons. The van der Waals surface area contributed by atoms with Crippen molar-refractivity contribution in [2.75, 3.05) is 21.2 Å². The summed E-state index contributed by atoms with van der Waals surface area (Å²) >= 11 is 1.41. The Morgan fingerprint density at radius 1 is 1.25 bits per heavy atom. The average molecular weight is 404 g/mol. The molecule has 1 atom stereocenters. The molecule has 0 unspecified atom stereocenters. The van der Waals surface area contributed by atoms with Crippen LogP contribution in [0, 0.1) is 5.82 Å². The van der Waals surface area contributed by atoms with Crippen LogP contribution in [0.25, 0.3) is 5.69 Å². The second kappa shape index (κ2) is 8.57. The van der Waals surface area contributed by atoms with E-state index in [9.17, 15) is 9.18 Å². The topological polar surface area (TPSA) is 73.4 Å². The minimum absolute atomic E-state index is 0.00134. The number of rotatable bonds is 7. The summed E-state index contributed by atoms with van der Waals surface area (Å²) in [5.41, 5.74) is 0.771. The van der Waals surface area contributed by atoms with Gasteiger partial charge in [-0.25, -0.2) is 9.18 Å². The number of aromatic nitrogens is 3. The van der Waals surface area contributed by atoms with E-state index in [1.807, 2.05) is 30.5 Å². The van der Waals surface area contributed by atoms with Gasteiger partial charge in [0.15, 0.2) is 11.0 Å². The molecule has 0 fully saturated rings. The lowest BCUT2D eigenvalue weighted by molar-refractivity contribution is 0.0563. The Bertz CT molecular complexity index is 953. The Morgan fingerprint density at radius 3 is 2.61 bits per heavy atom. The first-order valence-corrected chi connectivity index (χ1v) is 9.56. The first-order valence-electron chi connectivity index (χ1n) is 8.58. The minimum Gasteiger partial charge on any atom is -0.463 e. The fourth-order valence-electron chi connectivity index (χ4n) is 2.51. The number of methoxy groups -OCH3 is 1. The summed E-state index contributed by atoms with van der Waals surface area (Å²) in [7, 11) is 5.22. The molecule has 0 bridgehead atoms. The molecule has 0 N–H and O–H groups in total. The van der Waals surface area contributed by atoms with E-state index in [1.54, 1.807) is 24.3 Å². The van der Waals surface area contributed by atoms with E-state index < -0.39 is 5.97 Å². The molecule has 0 spiro atoms. The SMILES string of the molecule is COC(=O)c1ccc(CSc2nnc([C@H](C)N(C)C)n2-c2ccc(F)cc2)o1. The van der Waals surface area contributed by atoms with Crippen LogP contribution < -0.4 is 0 Å². The van der Waals surface area contributed by atoms with E-state index in [0.29, 0.717) is 16.7 Å². The Labute approximate surface area is 166 Å². The number of benzene rings is 1. The number of nitrogens with zero attached hydrogens (tertiary/aromatic N) is 4. The number of esters is 1. The van der Waals surface area contributed by atoms with E-state index in [2.05, 4.69) is 14.9 Å². The Hall–Kier alpha value is -2.65. The summed E-state index contributed by atoms with van der Waals surface area (Å²) < 4.78 is 25.4. The van der Waals surface area contributed by atoms with Crippen molar-refractivity contribution < 1.29 is 18.3 Å². The molecule has 0 aliphatic carbocycles. The summed E-state index contributed by atoms with van der Waals surface area (Å²) in [5.74, 6) is 1.13. The fourth-order valence-corrected chi connectivity index (χ4v) is 3.36. The molecule has 2 aromatic heterocycles. The Morgan fingerprint density at radius 2 is 1.96 bits per heavy atom. The van der Waals surface area contributed by atoms with Gasteiger partial charge >= 0.3 is 5.97 Å². The fraction of sp³-hybridized carbons (Fsp3) is 0.316. The zero-order valence-corrected chi connectivity index (χ0v) is 16.9. The smallest absolute Gasteiger partial charge is 0.373 e. The highest BCUT2D eigenvalue weighted by atomic mass is 32.2. The van der Waals surface area contributed by atoms with Crippen LogP contribution >= 0.6 is 11.8 Å². The molecule has 28 heavy (non-hydrogen) atoms. The number of hydrogen-bond donors (Lipinski definition) is 0. The van der Waals surface area contributed by atoms with Gasteiger partial charge in [0.25, 0.3) is 0 Å². The van der Waals surface area contributed by atoms with Crippen LogP contribution in [0.3, 0.4) is 0 Å². The van der Waals surface area contributed by atoms with Gasteiger partial charge in [-0.2, -0.15) is 0 Å². The molecule has 0 aliphatic rings. The number of thioether (sulfide) groups is 1. The highest BCUT2D eigenvalue weighted by Gasteiger charge is 2.21. The number of hydrogen-bond acceptors (Lipinski definition) is 7. The Kier molecular flexibility index (Phi) is 6.15. The molecule has 0 saturated heterocycles. The van der Waals surface area contributed by atoms with Crippen molar-refractivity contribution in [3.05, 3.63) is 59.6 Å². The standard InChI is InChI=1S/C19H21FN4O3S/c1-12(23(2)3)17-21-22-19(24(17)14-7-5-13(20)6-8-14)28-11-15-9-10-16(27-15)18(25)26-4/h5-10,12H,11H2,1-4H3/t12-/m0/s1. The van der Waals surface area contributed by atoms with Crippen molar-refractivity contribution in [2.45, 2.75) is 23.9 Å². The van der Waals surface area contributed by atoms with E-state index in [-0.39, 0.29) is 17.6 Å². The number of carbonyl (C=O) groups is 1. The molecule has 2 heterocycles. The molecule has 1 aromatic carbocycles. The molecule has 3 rings (SSSR count). The zero-order chi connectivity index (χ0) is 20.3. The van der Waals surface area contributed by atoms with Crippen molar-refractivity contribution in [2.24, 2.45) is 0 Å².